The second-order valence-corrected chi connectivity index (χ2v) is 11.6. The van der Waals surface area contributed by atoms with E-state index in [1.807, 2.05) is 30.3 Å². The smallest absolute Gasteiger partial charge is 0.302 e. The minimum Gasteiger partial charge on any atom is -0.463 e. The molecule has 1 aromatic rings. The largest absolute Gasteiger partial charge is 0.463 e. The number of aliphatic hydroxyl groups is 3. The monoisotopic (exact) mass is 442 g/mol. The van der Waals surface area contributed by atoms with Gasteiger partial charge in [0.2, 0.25) is 0 Å². The lowest BCUT2D eigenvalue weighted by Gasteiger charge is -2.64. The maximum absolute atomic E-state index is 12.0. The molecule has 0 heterocycles. The zero-order valence-corrected chi connectivity index (χ0v) is 19.5. The van der Waals surface area contributed by atoms with Crippen molar-refractivity contribution in [2.45, 2.75) is 89.6 Å². The van der Waals surface area contributed by atoms with Crippen LogP contribution in [-0.4, -0.2) is 39.6 Å². The number of carbonyl (C=O) groups excluding carboxylic acids is 1. The van der Waals surface area contributed by atoms with E-state index in [1.54, 1.807) is 0 Å². The number of fused-ring (bicyclic) bond motifs is 5. The van der Waals surface area contributed by atoms with Crippen LogP contribution in [0.1, 0.15) is 71.3 Å². The highest BCUT2D eigenvalue weighted by Crippen LogP contribution is 2.70. The molecule has 4 aliphatic carbocycles. The van der Waals surface area contributed by atoms with E-state index < -0.39 is 17.8 Å². The molecule has 4 saturated carbocycles. The van der Waals surface area contributed by atoms with Gasteiger partial charge in [-0.15, -0.1) is 0 Å². The predicted molar refractivity (Wildman–Crippen MR) is 120 cm³/mol. The molecule has 0 aromatic heterocycles. The number of ether oxygens (including phenoxy) is 1. The molecule has 5 rings (SSSR count). The average Bonchev–Trinajstić information content (AvgIpc) is 3.05. The summed E-state index contributed by atoms with van der Waals surface area (Å²) < 4.78 is 5.50. The van der Waals surface area contributed by atoms with E-state index in [4.69, 9.17) is 4.74 Å². The number of aliphatic hydroxyl groups excluding tert-OH is 2. The lowest BCUT2D eigenvalue weighted by atomic mass is 9.43. The fourth-order valence-corrected chi connectivity index (χ4v) is 8.77. The number of rotatable bonds is 2. The molecule has 0 aliphatic heterocycles. The normalized spacial score (nSPS) is 50.1. The second kappa shape index (κ2) is 7.54. The molecule has 0 spiro atoms. The van der Waals surface area contributed by atoms with Crippen LogP contribution in [0.5, 0.6) is 0 Å². The first-order valence-corrected chi connectivity index (χ1v) is 12.4. The average molecular weight is 443 g/mol. The van der Waals surface area contributed by atoms with Crippen LogP contribution in [0, 0.1) is 34.5 Å². The summed E-state index contributed by atoms with van der Waals surface area (Å²) in [7, 11) is 0. The van der Waals surface area contributed by atoms with Crippen LogP contribution in [0.2, 0.25) is 0 Å². The third kappa shape index (κ3) is 2.97. The minimum absolute atomic E-state index is 0.0204. The van der Waals surface area contributed by atoms with Gasteiger partial charge in [0.15, 0.2) is 0 Å². The van der Waals surface area contributed by atoms with E-state index in [1.165, 1.54) is 6.92 Å². The van der Waals surface area contributed by atoms with E-state index >= 15 is 0 Å². The molecular weight excluding hydrogens is 404 g/mol. The van der Waals surface area contributed by atoms with Gasteiger partial charge in [0.25, 0.3) is 0 Å². The standard InChI is InChI=1S/C27H38O5/c1-16(28)32-18-9-12-25(2)19-10-13-26(3)20(22(19)24(30)23(29)21(25)15-18)11-14-27(26,31)17-7-5-4-6-8-17/h4-8,18-24,29-31H,9-15H2,1-3H3. The van der Waals surface area contributed by atoms with Crippen molar-refractivity contribution in [1.29, 1.82) is 0 Å². The third-order valence-corrected chi connectivity index (χ3v) is 10.4. The molecule has 5 nitrogen and oxygen atoms in total. The highest BCUT2D eigenvalue weighted by Gasteiger charge is 2.68. The lowest BCUT2D eigenvalue weighted by Crippen LogP contribution is -2.65. The van der Waals surface area contributed by atoms with Crippen molar-refractivity contribution in [1.82, 2.24) is 0 Å². The van der Waals surface area contributed by atoms with Crippen molar-refractivity contribution in [2.24, 2.45) is 34.5 Å². The van der Waals surface area contributed by atoms with Crippen LogP contribution < -0.4 is 0 Å². The van der Waals surface area contributed by atoms with Gasteiger partial charge in [-0.2, -0.15) is 0 Å². The van der Waals surface area contributed by atoms with E-state index in [-0.39, 0.29) is 40.7 Å². The van der Waals surface area contributed by atoms with Crippen LogP contribution in [0.25, 0.3) is 0 Å². The molecule has 0 amide bonds. The second-order valence-electron chi connectivity index (χ2n) is 11.6. The Bertz CT molecular complexity index is 872. The van der Waals surface area contributed by atoms with Crippen molar-refractivity contribution in [2.75, 3.05) is 0 Å². The number of carbonyl (C=O) groups is 1. The Hall–Kier alpha value is -1.43. The number of hydrogen-bond acceptors (Lipinski definition) is 5. The Morgan fingerprint density at radius 1 is 0.938 bits per heavy atom. The summed E-state index contributed by atoms with van der Waals surface area (Å²) >= 11 is 0. The number of esters is 1. The summed E-state index contributed by atoms with van der Waals surface area (Å²) in [6.45, 7) is 5.93. The fourth-order valence-electron chi connectivity index (χ4n) is 8.77. The van der Waals surface area contributed by atoms with Crippen molar-refractivity contribution in [3.05, 3.63) is 35.9 Å². The van der Waals surface area contributed by atoms with Gasteiger partial charge in [-0.3, -0.25) is 4.79 Å². The van der Waals surface area contributed by atoms with Gasteiger partial charge in [0.1, 0.15) is 6.10 Å². The topological polar surface area (TPSA) is 87.0 Å². The van der Waals surface area contributed by atoms with Gasteiger partial charge in [-0.25, -0.2) is 0 Å². The van der Waals surface area contributed by atoms with E-state index in [0.29, 0.717) is 18.8 Å². The van der Waals surface area contributed by atoms with Crippen LogP contribution in [0.3, 0.4) is 0 Å². The molecule has 0 radical (unpaired) electrons. The van der Waals surface area contributed by atoms with Crippen LogP contribution >= 0.6 is 0 Å². The number of benzene rings is 1. The first-order valence-electron chi connectivity index (χ1n) is 12.4. The minimum atomic E-state index is -0.903. The number of hydrogen-bond donors (Lipinski definition) is 3. The predicted octanol–water partition coefficient (Wildman–Crippen LogP) is 3.79. The highest BCUT2D eigenvalue weighted by molar-refractivity contribution is 5.66. The molecule has 10 unspecified atom stereocenters. The molecule has 5 heteroatoms. The summed E-state index contributed by atoms with van der Waals surface area (Å²) in [5.74, 6) is 0.103. The Labute approximate surface area is 191 Å². The molecule has 4 fully saturated rings. The first kappa shape index (κ1) is 22.4. The zero-order valence-electron chi connectivity index (χ0n) is 19.5. The van der Waals surface area contributed by atoms with Gasteiger partial charge in [0, 0.05) is 12.3 Å². The fraction of sp³-hybridized carbons (Fsp3) is 0.741. The van der Waals surface area contributed by atoms with Crippen LogP contribution in [0.4, 0.5) is 0 Å². The van der Waals surface area contributed by atoms with Crippen molar-refractivity contribution in [3.63, 3.8) is 0 Å². The van der Waals surface area contributed by atoms with Crippen LogP contribution in [-0.2, 0) is 15.1 Å². The van der Waals surface area contributed by atoms with E-state index in [2.05, 4.69) is 13.8 Å². The molecule has 0 saturated heterocycles. The van der Waals surface area contributed by atoms with E-state index in [0.717, 1.165) is 37.7 Å². The highest BCUT2D eigenvalue weighted by atomic mass is 16.5. The molecule has 4 aliphatic rings. The molecule has 0 bridgehead atoms. The zero-order chi connectivity index (χ0) is 22.9. The Kier molecular flexibility index (Phi) is 5.27. The molecule has 176 valence electrons. The summed E-state index contributed by atoms with van der Waals surface area (Å²) in [4.78, 5) is 11.5. The quantitative estimate of drug-likeness (QED) is 0.607. The van der Waals surface area contributed by atoms with Crippen molar-refractivity contribution < 1.29 is 24.9 Å². The van der Waals surface area contributed by atoms with Crippen molar-refractivity contribution >= 4 is 5.97 Å². The van der Waals surface area contributed by atoms with Crippen molar-refractivity contribution in [3.8, 4) is 0 Å². The van der Waals surface area contributed by atoms with E-state index in [9.17, 15) is 20.1 Å². The van der Waals surface area contributed by atoms with Gasteiger partial charge in [0.05, 0.1) is 17.8 Å². The maximum Gasteiger partial charge on any atom is 0.302 e. The Balaban J connectivity index is 1.47. The van der Waals surface area contributed by atoms with Crippen LogP contribution in [0.15, 0.2) is 30.3 Å². The molecule has 3 N–H and O–H groups in total. The maximum atomic E-state index is 12.0. The summed E-state index contributed by atoms with van der Waals surface area (Å²) in [6.07, 6.45) is 3.94. The van der Waals surface area contributed by atoms with Gasteiger partial charge >= 0.3 is 5.97 Å². The third-order valence-electron chi connectivity index (χ3n) is 10.4. The first-order chi connectivity index (χ1) is 15.1. The summed E-state index contributed by atoms with van der Waals surface area (Å²) in [5, 5.41) is 34.8. The molecular formula is C27H38O5. The summed E-state index contributed by atoms with van der Waals surface area (Å²) in [6, 6.07) is 10.0. The van der Waals surface area contributed by atoms with Gasteiger partial charge in [-0.1, -0.05) is 44.2 Å². The molecule has 10 atom stereocenters. The molecule has 1 aromatic carbocycles. The lowest BCUT2D eigenvalue weighted by molar-refractivity contribution is -0.234. The Morgan fingerprint density at radius 2 is 1.62 bits per heavy atom. The van der Waals surface area contributed by atoms with Gasteiger partial charge in [-0.05, 0) is 79.6 Å². The Morgan fingerprint density at radius 3 is 2.31 bits per heavy atom. The summed E-state index contributed by atoms with van der Waals surface area (Å²) in [5.41, 5.74) is -0.345. The SMILES string of the molecule is CC(=O)OC1CCC2(C)C(C1)C(O)C(O)C1C2CCC2(C)C1CCC2(O)c1ccccc1. The van der Waals surface area contributed by atoms with Gasteiger partial charge < -0.3 is 20.1 Å². The molecule has 32 heavy (non-hydrogen) atoms.